The molecule has 7 heteroatoms. The molecule has 1 aromatic heterocycles. The monoisotopic (exact) mass is 338 g/mol. The minimum atomic E-state index is -1.04. The zero-order valence-electron chi connectivity index (χ0n) is 13.3. The summed E-state index contributed by atoms with van der Waals surface area (Å²) >= 11 is 1.33. The normalized spacial score (nSPS) is 15.0. The third kappa shape index (κ3) is 4.79. The van der Waals surface area contributed by atoms with E-state index in [9.17, 15) is 19.5 Å². The van der Waals surface area contributed by atoms with Crippen LogP contribution in [0.3, 0.4) is 0 Å². The summed E-state index contributed by atoms with van der Waals surface area (Å²) in [6, 6.07) is 0.774. The van der Waals surface area contributed by atoms with Gasteiger partial charge in [0.2, 0.25) is 5.91 Å². The first-order valence-electron chi connectivity index (χ1n) is 7.87. The van der Waals surface area contributed by atoms with Gasteiger partial charge in [-0.15, -0.1) is 11.3 Å². The van der Waals surface area contributed by atoms with Crippen molar-refractivity contribution in [2.45, 2.75) is 52.0 Å². The smallest absolute Gasteiger partial charge is 0.326 e. The highest BCUT2D eigenvalue weighted by atomic mass is 32.1. The van der Waals surface area contributed by atoms with E-state index in [-0.39, 0.29) is 11.8 Å². The Morgan fingerprint density at radius 2 is 2.09 bits per heavy atom. The Bertz CT molecular complexity index is 607. The van der Waals surface area contributed by atoms with E-state index in [1.165, 1.54) is 11.3 Å². The van der Waals surface area contributed by atoms with Crippen LogP contribution in [0, 0.1) is 12.8 Å². The number of unbranched alkanes of at least 4 members (excludes halogenated alkanes) is 1. The van der Waals surface area contributed by atoms with Crippen molar-refractivity contribution < 1.29 is 19.5 Å². The molecule has 23 heavy (non-hydrogen) atoms. The molecule has 1 unspecified atom stereocenters. The molecule has 0 aromatic carbocycles. The minimum absolute atomic E-state index is 0.0460. The SMILES string of the molecule is CCCCC(NC(=O)c1cc(C)sc1NC(=O)C1CC1)C(=O)O. The van der Waals surface area contributed by atoms with E-state index in [1.807, 2.05) is 13.8 Å². The van der Waals surface area contributed by atoms with Gasteiger partial charge in [0.15, 0.2) is 0 Å². The van der Waals surface area contributed by atoms with E-state index in [1.54, 1.807) is 6.07 Å². The van der Waals surface area contributed by atoms with Gasteiger partial charge in [0.25, 0.3) is 5.91 Å². The number of hydrogen-bond donors (Lipinski definition) is 3. The van der Waals surface area contributed by atoms with Gasteiger partial charge in [-0.05, 0) is 32.3 Å². The highest BCUT2D eigenvalue weighted by molar-refractivity contribution is 7.16. The second-order valence-corrected chi connectivity index (χ2v) is 7.13. The zero-order valence-corrected chi connectivity index (χ0v) is 14.2. The van der Waals surface area contributed by atoms with Crippen molar-refractivity contribution in [1.82, 2.24) is 5.32 Å². The number of aliphatic carboxylic acids is 1. The van der Waals surface area contributed by atoms with Crippen LogP contribution in [-0.2, 0) is 9.59 Å². The molecule has 1 heterocycles. The largest absolute Gasteiger partial charge is 0.480 e. The van der Waals surface area contributed by atoms with Crippen LogP contribution in [-0.4, -0.2) is 28.9 Å². The fraction of sp³-hybridized carbons (Fsp3) is 0.562. The zero-order chi connectivity index (χ0) is 17.0. The summed E-state index contributed by atoms with van der Waals surface area (Å²) in [5.41, 5.74) is 0.337. The van der Waals surface area contributed by atoms with E-state index < -0.39 is 17.9 Å². The third-order valence-electron chi connectivity index (χ3n) is 3.73. The fourth-order valence-corrected chi connectivity index (χ4v) is 3.15. The molecule has 126 valence electrons. The van der Waals surface area contributed by atoms with Crippen molar-refractivity contribution in [1.29, 1.82) is 0 Å². The molecule has 2 rings (SSSR count). The van der Waals surface area contributed by atoms with Gasteiger partial charge >= 0.3 is 5.97 Å². The molecular formula is C16H22N2O4S. The summed E-state index contributed by atoms with van der Waals surface area (Å²) in [4.78, 5) is 36.5. The molecule has 0 saturated heterocycles. The molecule has 6 nitrogen and oxygen atoms in total. The van der Waals surface area contributed by atoms with Gasteiger partial charge < -0.3 is 15.7 Å². The Morgan fingerprint density at radius 1 is 1.39 bits per heavy atom. The molecule has 1 saturated carbocycles. The summed E-state index contributed by atoms with van der Waals surface area (Å²) < 4.78 is 0. The van der Waals surface area contributed by atoms with E-state index in [0.29, 0.717) is 17.0 Å². The van der Waals surface area contributed by atoms with Gasteiger partial charge in [-0.25, -0.2) is 4.79 Å². The summed E-state index contributed by atoms with van der Waals surface area (Å²) in [5.74, 6) is -1.52. The van der Waals surface area contributed by atoms with Crippen molar-refractivity contribution in [2.75, 3.05) is 5.32 Å². The minimum Gasteiger partial charge on any atom is -0.480 e. The lowest BCUT2D eigenvalue weighted by Gasteiger charge is -2.14. The van der Waals surface area contributed by atoms with Crippen molar-refractivity contribution in [3.8, 4) is 0 Å². The Kier molecular flexibility index (Phi) is 5.76. The average molecular weight is 338 g/mol. The number of carbonyl (C=O) groups excluding carboxylic acids is 2. The highest BCUT2D eigenvalue weighted by Gasteiger charge is 2.31. The summed E-state index contributed by atoms with van der Waals surface area (Å²) in [6.45, 7) is 3.81. The maximum absolute atomic E-state index is 12.4. The van der Waals surface area contributed by atoms with Crippen LogP contribution in [0.5, 0.6) is 0 Å². The summed E-state index contributed by atoms with van der Waals surface area (Å²) in [5, 5.41) is 15.1. The molecule has 2 amide bonds. The van der Waals surface area contributed by atoms with Gasteiger partial charge in [0, 0.05) is 10.8 Å². The van der Waals surface area contributed by atoms with Crippen LogP contribution < -0.4 is 10.6 Å². The van der Waals surface area contributed by atoms with E-state index in [0.717, 1.165) is 30.6 Å². The predicted octanol–water partition coefficient (Wildman–Crippen LogP) is 2.78. The molecule has 0 bridgehead atoms. The van der Waals surface area contributed by atoms with Crippen molar-refractivity contribution in [3.05, 3.63) is 16.5 Å². The van der Waals surface area contributed by atoms with Gasteiger partial charge in [-0.3, -0.25) is 9.59 Å². The summed E-state index contributed by atoms with van der Waals surface area (Å²) in [6.07, 6.45) is 3.75. The van der Waals surface area contributed by atoms with E-state index in [4.69, 9.17) is 0 Å². The maximum Gasteiger partial charge on any atom is 0.326 e. The number of hydrogen-bond acceptors (Lipinski definition) is 4. The molecule has 0 radical (unpaired) electrons. The number of rotatable bonds is 8. The number of thiophene rings is 1. The number of carbonyl (C=O) groups is 3. The Labute approximate surface area is 139 Å². The maximum atomic E-state index is 12.4. The average Bonchev–Trinajstić information content (AvgIpc) is 3.27. The van der Waals surface area contributed by atoms with E-state index >= 15 is 0 Å². The molecule has 0 spiro atoms. The highest BCUT2D eigenvalue weighted by Crippen LogP contribution is 2.33. The van der Waals surface area contributed by atoms with Crippen LogP contribution in [0.2, 0.25) is 0 Å². The van der Waals surface area contributed by atoms with Crippen molar-refractivity contribution in [2.24, 2.45) is 5.92 Å². The number of anilines is 1. The third-order valence-corrected chi connectivity index (χ3v) is 4.70. The van der Waals surface area contributed by atoms with Crippen LogP contribution in [0.4, 0.5) is 5.00 Å². The molecule has 1 atom stereocenters. The lowest BCUT2D eigenvalue weighted by atomic mass is 10.1. The number of nitrogens with one attached hydrogen (secondary N) is 2. The first-order valence-corrected chi connectivity index (χ1v) is 8.69. The summed E-state index contributed by atoms with van der Waals surface area (Å²) in [7, 11) is 0. The molecular weight excluding hydrogens is 316 g/mol. The van der Waals surface area contributed by atoms with Gasteiger partial charge in [-0.2, -0.15) is 0 Å². The fourth-order valence-electron chi connectivity index (χ4n) is 2.24. The molecule has 1 aliphatic carbocycles. The quantitative estimate of drug-likeness (QED) is 0.679. The van der Waals surface area contributed by atoms with Crippen molar-refractivity contribution >= 4 is 34.1 Å². The van der Waals surface area contributed by atoms with Crippen LogP contribution in [0.1, 0.15) is 54.3 Å². The van der Waals surface area contributed by atoms with Crippen LogP contribution in [0.25, 0.3) is 0 Å². The number of carboxylic acids is 1. The van der Waals surface area contributed by atoms with E-state index in [2.05, 4.69) is 10.6 Å². The molecule has 3 N–H and O–H groups in total. The number of amides is 2. The van der Waals surface area contributed by atoms with Crippen LogP contribution >= 0.6 is 11.3 Å². The lowest BCUT2D eigenvalue weighted by Crippen LogP contribution is -2.40. The topological polar surface area (TPSA) is 95.5 Å². The van der Waals surface area contributed by atoms with Gasteiger partial charge in [-0.1, -0.05) is 19.8 Å². The molecule has 1 fully saturated rings. The van der Waals surface area contributed by atoms with Crippen molar-refractivity contribution in [3.63, 3.8) is 0 Å². The predicted molar refractivity (Wildman–Crippen MR) is 88.8 cm³/mol. The lowest BCUT2D eigenvalue weighted by molar-refractivity contribution is -0.139. The number of aryl methyl sites for hydroxylation is 1. The Morgan fingerprint density at radius 3 is 2.65 bits per heavy atom. The molecule has 1 aromatic rings. The second kappa shape index (κ2) is 7.59. The van der Waals surface area contributed by atoms with Gasteiger partial charge in [0.05, 0.1) is 5.56 Å². The first-order chi connectivity index (χ1) is 10.9. The Balaban J connectivity index is 2.08. The molecule has 1 aliphatic rings. The van der Waals surface area contributed by atoms with Crippen LogP contribution in [0.15, 0.2) is 6.07 Å². The van der Waals surface area contributed by atoms with Gasteiger partial charge in [0.1, 0.15) is 11.0 Å². The second-order valence-electron chi connectivity index (χ2n) is 5.87. The Hall–Kier alpha value is -1.89. The number of carboxylic acid groups (broad SMARTS) is 1. The standard InChI is InChI=1S/C16H22N2O4S/c1-3-4-5-12(16(21)22)17-14(20)11-8-9(2)23-15(11)18-13(19)10-6-7-10/h8,10,12H,3-7H2,1-2H3,(H,17,20)(H,18,19)(H,21,22). The molecule has 0 aliphatic heterocycles. The first kappa shape index (κ1) is 17.5.